The molecule has 2 saturated carbocycles. The number of carbonyl (C=O) groups excluding carboxylic acids is 1. The zero-order chi connectivity index (χ0) is 26.2. The first kappa shape index (κ1) is 25.3. The molecule has 0 atom stereocenters. The van der Waals surface area contributed by atoms with Gasteiger partial charge in [-0.25, -0.2) is 13.9 Å². The van der Waals surface area contributed by atoms with E-state index in [1.807, 2.05) is 0 Å². The largest absolute Gasteiger partial charge is 0.366 e. The van der Waals surface area contributed by atoms with Crippen LogP contribution >= 0.6 is 0 Å². The molecule has 0 aromatic carbocycles. The maximum atomic E-state index is 14.1. The summed E-state index contributed by atoms with van der Waals surface area (Å²) in [5.41, 5.74) is 0.683. The number of carbonyl (C=O) groups is 1. The van der Waals surface area contributed by atoms with Gasteiger partial charge in [-0.1, -0.05) is 0 Å². The van der Waals surface area contributed by atoms with E-state index in [9.17, 15) is 17.6 Å². The van der Waals surface area contributed by atoms with E-state index in [2.05, 4.69) is 35.7 Å². The minimum Gasteiger partial charge on any atom is -0.366 e. The number of halogens is 1. The number of amides is 1. The molecule has 2 fully saturated rings. The van der Waals surface area contributed by atoms with E-state index in [-0.39, 0.29) is 29.5 Å². The fraction of sp³-hybridized carbons (Fsp3) is 0.478. The highest BCUT2D eigenvalue weighted by Crippen LogP contribution is 2.28. The van der Waals surface area contributed by atoms with Gasteiger partial charge >= 0.3 is 0 Å². The molecule has 4 N–H and O–H groups in total. The number of imidazole rings is 1. The van der Waals surface area contributed by atoms with Gasteiger partial charge in [-0.05, 0) is 56.7 Å². The first-order chi connectivity index (χ1) is 17.7. The summed E-state index contributed by atoms with van der Waals surface area (Å²) < 4.78 is 43.7. The van der Waals surface area contributed by atoms with E-state index < -0.39 is 21.9 Å². The molecule has 0 aliphatic heterocycles. The van der Waals surface area contributed by atoms with Crippen LogP contribution in [0, 0.1) is 5.82 Å². The number of nitrogens with zero attached hydrogens (tertiary/aromatic N) is 5. The zero-order valence-corrected chi connectivity index (χ0v) is 21.4. The first-order valence-electron chi connectivity index (χ1n) is 12.2. The van der Waals surface area contributed by atoms with Crippen molar-refractivity contribution in [3.63, 3.8) is 0 Å². The van der Waals surface area contributed by atoms with Crippen molar-refractivity contribution in [3.05, 3.63) is 42.1 Å². The van der Waals surface area contributed by atoms with Crippen molar-refractivity contribution in [2.45, 2.75) is 56.7 Å². The van der Waals surface area contributed by atoms with E-state index in [1.165, 1.54) is 35.2 Å². The Balaban J connectivity index is 1.33. The summed E-state index contributed by atoms with van der Waals surface area (Å²) >= 11 is 0. The molecule has 0 spiro atoms. The zero-order valence-electron chi connectivity index (χ0n) is 20.6. The highest BCUT2D eigenvalue weighted by atomic mass is 32.2. The molecule has 0 radical (unpaired) electrons. The standard InChI is InChI=1S/C23H30FN9O3S/c1-32(2)37(35,36)31-16-7-5-14(6-8-16)26-19-9-10-20-29-22(27-15-3-4-15)21(33(20)30-19)23(34)28-18-11-12-25-13-17(18)24/h9-16,27,31H,3-8H2,1-2H3,(H,26,30)(H,25,28,34). The molecule has 2 aliphatic carbocycles. The monoisotopic (exact) mass is 531 g/mol. The van der Waals surface area contributed by atoms with Crippen LogP contribution in [0.4, 0.5) is 21.7 Å². The molecule has 2 aliphatic rings. The predicted molar refractivity (Wildman–Crippen MR) is 137 cm³/mol. The van der Waals surface area contributed by atoms with Crippen molar-refractivity contribution in [2.24, 2.45) is 0 Å². The lowest BCUT2D eigenvalue weighted by Crippen LogP contribution is -2.44. The Morgan fingerprint density at radius 1 is 1.03 bits per heavy atom. The SMILES string of the molecule is CN(C)S(=O)(=O)NC1CCC(Nc2ccc3nc(NC4CC4)c(C(=O)Nc4ccncc4F)n3n2)CC1. The summed E-state index contributed by atoms with van der Waals surface area (Å²) in [4.78, 5) is 21.5. The smallest absolute Gasteiger partial charge is 0.279 e. The third kappa shape index (κ3) is 5.81. The van der Waals surface area contributed by atoms with Crippen LogP contribution in [0.1, 0.15) is 49.0 Å². The molecule has 5 rings (SSSR count). The second kappa shape index (κ2) is 10.2. The molecule has 198 valence electrons. The van der Waals surface area contributed by atoms with Gasteiger partial charge in [0.05, 0.1) is 11.9 Å². The normalized spacial score (nSPS) is 20.2. The van der Waals surface area contributed by atoms with Crippen molar-refractivity contribution in [3.8, 4) is 0 Å². The van der Waals surface area contributed by atoms with Gasteiger partial charge in [0.25, 0.3) is 16.1 Å². The number of anilines is 3. The molecule has 14 heteroatoms. The Morgan fingerprint density at radius 2 is 1.70 bits per heavy atom. The third-order valence-electron chi connectivity index (χ3n) is 6.51. The van der Waals surface area contributed by atoms with Crippen molar-refractivity contribution in [2.75, 3.05) is 30.0 Å². The molecule has 3 aromatic heterocycles. The van der Waals surface area contributed by atoms with E-state index in [0.29, 0.717) is 30.1 Å². The van der Waals surface area contributed by atoms with Crippen LogP contribution in [0.3, 0.4) is 0 Å². The van der Waals surface area contributed by atoms with Gasteiger partial charge in [-0.3, -0.25) is 9.78 Å². The summed E-state index contributed by atoms with van der Waals surface area (Å²) in [7, 11) is -0.467. The van der Waals surface area contributed by atoms with Crippen LogP contribution in [0.25, 0.3) is 5.65 Å². The summed E-state index contributed by atoms with van der Waals surface area (Å²) in [5.74, 6) is -0.226. The van der Waals surface area contributed by atoms with Crippen molar-refractivity contribution in [1.82, 2.24) is 28.6 Å². The van der Waals surface area contributed by atoms with Gasteiger partial charge in [-0.15, -0.1) is 5.10 Å². The number of rotatable bonds is 9. The Kier molecular flexibility index (Phi) is 6.96. The highest BCUT2D eigenvalue weighted by molar-refractivity contribution is 7.87. The van der Waals surface area contributed by atoms with Crippen LogP contribution in [-0.4, -0.2) is 70.4 Å². The van der Waals surface area contributed by atoms with Gasteiger partial charge in [0, 0.05) is 38.4 Å². The van der Waals surface area contributed by atoms with Crippen molar-refractivity contribution < 1.29 is 17.6 Å². The summed E-state index contributed by atoms with van der Waals surface area (Å²) in [6.07, 6.45) is 7.31. The topological polar surface area (TPSA) is 146 Å². The van der Waals surface area contributed by atoms with Crippen LogP contribution in [-0.2, 0) is 10.2 Å². The molecule has 37 heavy (non-hydrogen) atoms. The van der Waals surface area contributed by atoms with Gasteiger partial charge in [0.2, 0.25) is 0 Å². The van der Waals surface area contributed by atoms with Crippen LogP contribution in [0.2, 0.25) is 0 Å². The minimum atomic E-state index is -3.47. The summed E-state index contributed by atoms with van der Waals surface area (Å²) in [6, 6.07) is 5.18. The highest BCUT2D eigenvalue weighted by Gasteiger charge is 2.29. The van der Waals surface area contributed by atoms with Crippen LogP contribution in [0.15, 0.2) is 30.6 Å². The molecule has 3 heterocycles. The number of nitrogens with one attached hydrogen (secondary N) is 4. The number of hydrogen-bond donors (Lipinski definition) is 4. The number of fused-ring (bicyclic) bond motifs is 1. The Labute approximate surface area is 214 Å². The van der Waals surface area contributed by atoms with Crippen molar-refractivity contribution in [1.29, 1.82) is 0 Å². The molecule has 0 unspecified atom stereocenters. The lowest BCUT2D eigenvalue weighted by atomic mass is 9.92. The van der Waals surface area contributed by atoms with Gasteiger partial charge in [-0.2, -0.15) is 17.4 Å². The molecule has 12 nitrogen and oxygen atoms in total. The van der Waals surface area contributed by atoms with E-state index in [1.54, 1.807) is 12.1 Å². The fourth-order valence-corrected chi connectivity index (χ4v) is 5.14. The molecular formula is C23H30FN9O3S. The minimum absolute atomic E-state index is 0.0169. The number of aromatic nitrogens is 4. The van der Waals surface area contributed by atoms with E-state index >= 15 is 0 Å². The Hall–Kier alpha value is -3.36. The molecule has 3 aromatic rings. The summed E-state index contributed by atoms with van der Waals surface area (Å²) in [6.45, 7) is 0. The van der Waals surface area contributed by atoms with Gasteiger partial charge < -0.3 is 16.0 Å². The van der Waals surface area contributed by atoms with E-state index in [0.717, 1.165) is 31.9 Å². The van der Waals surface area contributed by atoms with Gasteiger partial charge in [0.1, 0.15) is 5.82 Å². The molecular weight excluding hydrogens is 501 g/mol. The number of pyridine rings is 1. The fourth-order valence-electron chi connectivity index (χ4n) is 4.27. The first-order valence-corrected chi connectivity index (χ1v) is 13.7. The molecule has 0 bridgehead atoms. The van der Waals surface area contributed by atoms with E-state index in [4.69, 9.17) is 0 Å². The maximum absolute atomic E-state index is 14.1. The van der Waals surface area contributed by atoms with Crippen LogP contribution < -0.4 is 20.7 Å². The maximum Gasteiger partial charge on any atom is 0.279 e. The molecule has 0 saturated heterocycles. The second-order valence-electron chi connectivity index (χ2n) is 9.62. The third-order valence-corrected chi connectivity index (χ3v) is 8.10. The van der Waals surface area contributed by atoms with Crippen LogP contribution in [0.5, 0.6) is 0 Å². The summed E-state index contributed by atoms with van der Waals surface area (Å²) in [5, 5.41) is 13.9. The predicted octanol–water partition coefficient (Wildman–Crippen LogP) is 2.21. The van der Waals surface area contributed by atoms with Crippen molar-refractivity contribution >= 4 is 39.1 Å². The average molecular weight is 532 g/mol. The lowest BCUT2D eigenvalue weighted by molar-refractivity contribution is 0.102. The van der Waals surface area contributed by atoms with Gasteiger partial charge in [0.15, 0.2) is 23.0 Å². The Bertz CT molecular complexity index is 1400. The second-order valence-corrected chi connectivity index (χ2v) is 11.5. The Morgan fingerprint density at radius 3 is 2.38 bits per heavy atom. The average Bonchev–Trinajstić information content (AvgIpc) is 3.60. The molecule has 1 amide bonds. The number of hydrogen-bond acceptors (Lipinski definition) is 8. The quantitative estimate of drug-likeness (QED) is 0.329. The lowest BCUT2D eigenvalue weighted by Gasteiger charge is -2.30.